The molecule has 112 valence electrons. The number of benzene rings is 1. The lowest BCUT2D eigenvalue weighted by Crippen LogP contribution is -2.06. The lowest BCUT2D eigenvalue weighted by atomic mass is 10.3. The second-order valence-corrected chi connectivity index (χ2v) is 6.64. The average Bonchev–Trinajstić information content (AvgIpc) is 2.84. The molecule has 2 aromatic rings. The summed E-state index contributed by atoms with van der Waals surface area (Å²) in [6.45, 7) is 0. The monoisotopic (exact) mass is 330 g/mol. The minimum atomic E-state index is -3.61. The minimum absolute atomic E-state index is 0.00895. The molecule has 1 N–H and O–H groups in total. The standard InChI is InChI=1S/C12H11ClN2O5S/c13-8-1-3-9(4-2-8)21(18,19)7-10-14-11(20-15-10)5-6-12(16)17/h1-4H,5-7H2,(H,16,17). The number of hydrogen-bond acceptors (Lipinski definition) is 6. The molecule has 1 aromatic carbocycles. The van der Waals surface area contributed by atoms with Crippen LogP contribution in [-0.2, 0) is 26.8 Å². The molecule has 2 rings (SSSR count). The van der Waals surface area contributed by atoms with E-state index >= 15 is 0 Å². The van der Waals surface area contributed by atoms with Gasteiger partial charge in [0.05, 0.1) is 11.3 Å². The highest BCUT2D eigenvalue weighted by atomic mass is 35.5. The number of aromatic nitrogens is 2. The lowest BCUT2D eigenvalue weighted by molar-refractivity contribution is -0.137. The topological polar surface area (TPSA) is 110 Å². The maximum atomic E-state index is 12.1. The molecule has 0 saturated carbocycles. The normalized spacial score (nSPS) is 11.5. The van der Waals surface area contributed by atoms with Gasteiger partial charge < -0.3 is 9.63 Å². The summed E-state index contributed by atoms with van der Waals surface area (Å²) >= 11 is 5.70. The van der Waals surface area contributed by atoms with Crippen LogP contribution in [0, 0.1) is 0 Å². The summed E-state index contributed by atoms with van der Waals surface area (Å²) in [5, 5.41) is 12.5. The zero-order valence-electron chi connectivity index (χ0n) is 10.7. The maximum absolute atomic E-state index is 12.1. The molecule has 1 aromatic heterocycles. The largest absolute Gasteiger partial charge is 0.481 e. The number of hydrogen-bond donors (Lipinski definition) is 1. The van der Waals surface area contributed by atoms with E-state index in [2.05, 4.69) is 10.1 Å². The van der Waals surface area contributed by atoms with Crippen molar-refractivity contribution in [2.24, 2.45) is 0 Å². The molecular formula is C12H11ClN2O5S. The van der Waals surface area contributed by atoms with Crippen molar-refractivity contribution < 1.29 is 22.8 Å². The Labute approximate surface area is 125 Å². The Hall–Kier alpha value is -1.93. The van der Waals surface area contributed by atoms with Crippen molar-refractivity contribution in [1.29, 1.82) is 0 Å². The van der Waals surface area contributed by atoms with Crippen molar-refractivity contribution in [2.75, 3.05) is 0 Å². The number of rotatable bonds is 6. The van der Waals surface area contributed by atoms with Crippen LogP contribution in [0.1, 0.15) is 18.1 Å². The van der Waals surface area contributed by atoms with E-state index < -0.39 is 21.6 Å². The summed E-state index contributed by atoms with van der Waals surface area (Å²) in [7, 11) is -3.61. The van der Waals surface area contributed by atoms with Crippen LogP contribution in [0.25, 0.3) is 0 Å². The van der Waals surface area contributed by atoms with Crippen molar-refractivity contribution in [1.82, 2.24) is 10.1 Å². The number of aryl methyl sites for hydroxylation is 1. The van der Waals surface area contributed by atoms with Gasteiger partial charge >= 0.3 is 5.97 Å². The van der Waals surface area contributed by atoms with Gasteiger partial charge in [-0.25, -0.2) is 8.42 Å². The Morgan fingerprint density at radius 2 is 1.95 bits per heavy atom. The van der Waals surface area contributed by atoms with E-state index in [1.54, 1.807) is 0 Å². The molecule has 21 heavy (non-hydrogen) atoms. The highest BCUT2D eigenvalue weighted by molar-refractivity contribution is 7.90. The van der Waals surface area contributed by atoms with Crippen LogP contribution in [0.15, 0.2) is 33.7 Å². The molecule has 0 atom stereocenters. The highest BCUT2D eigenvalue weighted by Gasteiger charge is 2.19. The molecule has 7 nitrogen and oxygen atoms in total. The Bertz CT molecular complexity index is 739. The highest BCUT2D eigenvalue weighted by Crippen LogP contribution is 2.18. The second kappa shape index (κ2) is 6.23. The first-order chi connectivity index (χ1) is 9.87. The summed E-state index contributed by atoms with van der Waals surface area (Å²) in [5.41, 5.74) is 0. The average molecular weight is 331 g/mol. The van der Waals surface area contributed by atoms with E-state index in [9.17, 15) is 13.2 Å². The minimum Gasteiger partial charge on any atom is -0.481 e. The van der Waals surface area contributed by atoms with Crippen LogP contribution in [-0.4, -0.2) is 29.6 Å². The first-order valence-electron chi connectivity index (χ1n) is 5.88. The first-order valence-corrected chi connectivity index (χ1v) is 7.91. The molecule has 1 heterocycles. The van der Waals surface area contributed by atoms with Gasteiger partial charge in [0, 0.05) is 11.4 Å². The van der Waals surface area contributed by atoms with Crippen LogP contribution in [0.4, 0.5) is 0 Å². The Morgan fingerprint density at radius 3 is 2.57 bits per heavy atom. The first kappa shape index (κ1) is 15.5. The van der Waals surface area contributed by atoms with Crippen molar-refractivity contribution in [2.45, 2.75) is 23.5 Å². The molecule has 0 fully saturated rings. The van der Waals surface area contributed by atoms with Crippen molar-refractivity contribution >= 4 is 27.4 Å². The molecule has 9 heteroatoms. The Morgan fingerprint density at radius 1 is 1.29 bits per heavy atom. The number of carboxylic acid groups (broad SMARTS) is 1. The van der Waals surface area contributed by atoms with E-state index in [0.717, 1.165) is 0 Å². The second-order valence-electron chi connectivity index (χ2n) is 4.21. The van der Waals surface area contributed by atoms with Crippen LogP contribution >= 0.6 is 11.6 Å². The fraction of sp³-hybridized carbons (Fsp3) is 0.250. The van der Waals surface area contributed by atoms with Gasteiger partial charge in [-0.05, 0) is 24.3 Å². The summed E-state index contributed by atoms with van der Waals surface area (Å²) in [6.07, 6.45) is -0.102. The van der Waals surface area contributed by atoms with Gasteiger partial charge in [-0.15, -0.1) is 0 Å². The maximum Gasteiger partial charge on any atom is 0.303 e. The molecule has 0 aliphatic carbocycles. The van der Waals surface area contributed by atoms with Gasteiger partial charge in [0.1, 0.15) is 5.75 Å². The number of carbonyl (C=O) groups is 1. The fourth-order valence-corrected chi connectivity index (χ4v) is 2.86. The summed E-state index contributed by atoms with van der Waals surface area (Å²) < 4.78 is 29.1. The van der Waals surface area contributed by atoms with Gasteiger partial charge in [0.15, 0.2) is 15.7 Å². The van der Waals surface area contributed by atoms with Crippen LogP contribution in [0.3, 0.4) is 0 Å². The molecule has 0 amide bonds. The zero-order chi connectivity index (χ0) is 15.5. The number of aliphatic carboxylic acids is 1. The van der Waals surface area contributed by atoms with Crippen LogP contribution in [0.5, 0.6) is 0 Å². The molecule has 0 spiro atoms. The van der Waals surface area contributed by atoms with Gasteiger partial charge in [0.25, 0.3) is 0 Å². The third-order valence-electron chi connectivity index (χ3n) is 2.55. The number of sulfone groups is 1. The van der Waals surface area contributed by atoms with E-state index in [1.807, 2.05) is 0 Å². The molecule has 0 aliphatic heterocycles. The van der Waals surface area contributed by atoms with Crippen LogP contribution in [0.2, 0.25) is 5.02 Å². The molecule has 0 radical (unpaired) electrons. The van der Waals surface area contributed by atoms with E-state index in [4.69, 9.17) is 21.2 Å². The third kappa shape index (κ3) is 4.27. The van der Waals surface area contributed by atoms with Crippen molar-refractivity contribution in [3.63, 3.8) is 0 Å². The predicted octanol–water partition coefficient (Wildman–Crippen LogP) is 1.71. The van der Waals surface area contributed by atoms with E-state index in [0.29, 0.717) is 5.02 Å². The molecule has 0 unspecified atom stereocenters. The predicted molar refractivity (Wildman–Crippen MR) is 72.6 cm³/mol. The van der Waals surface area contributed by atoms with Gasteiger partial charge in [0.2, 0.25) is 5.89 Å². The quantitative estimate of drug-likeness (QED) is 0.858. The van der Waals surface area contributed by atoms with Gasteiger partial charge in [-0.2, -0.15) is 4.98 Å². The number of halogens is 1. The van der Waals surface area contributed by atoms with E-state index in [1.165, 1.54) is 24.3 Å². The van der Waals surface area contributed by atoms with Gasteiger partial charge in [-0.1, -0.05) is 16.8 Å². The fourth-order valence-electron chi connectivity index (χ4n) is 1.56. The lowest BCUT2D eigenvalue weighted by Gasteiger charge is -2.01. The number of nitrogens with zero attached hydrogens (tertiary/aromatic N) is 2. The van der Waals surface area contributed by atoms with Crippen molar-refractivity contribution in [3.05, 3.63) is 41.0 Å². The zero-order valence-corrected chi connectivity index (χ0v) is 12.3. The van der Waals surface area contributed by atoms with Crippen LogP contribution < -0.4 is 0 Å². The number of carboxylic acids is 1. The Balaban J connectivity index is 2.10. The van der Waals surface area contributed by atoms with E-state index in [-0.39, 0.29) is 29.5 Å². The summed E-state index contributed by atoms with van der Waals surface area (Å²) in [4.78, 5) is 14.4. The molecular weight excluding hydrogens is 320 g/mol. The van der Waals surface area contributed by atoms with Gasteiger partial charge in [-0.3, -0.25) is 4.79 Å². The molecule has 0 aliphatic rings. The molecule has 0 bridgehead atoms. The smallest absolute Gasteiger partial charge is 0.303 e. The van der Waals surface area contributed by atoms with Crippen molar-refractivity contribution in [3.8, 4) is 0 Å². The summed E-state index contributed by atoms with van der Waals surface area (Å²) in [6, 6.07) is 5.73. The summed E-state index contributed by atoms with van der Waals surface area (Å²) in [5.74, 6) is -1.34. The Kier molecular flexibility index (Phi) is 4.59. The third-order valence-corrected chi connectivity index (χ3v) is 4.44. The molecule has 0 saturated heterocycles. The SMILES string of the molecule is O=C(O)CCc1nc(CS(=O)(=O)c2ccc(Cl)cc2)no1.